The number of carbonyl (C=O) groups is 2. The van der Waals surface area contributed by atoms with Gasteiger partial charge in [0, 0.05) is 12.6 Å². The van der Waals surface area contributed by atoms with Crippen molar-refractivity contribution in [2.24, 2.45) is 5.92 Å². The predicted molar refractivity (Wildman–Crippen MR) is 104 cm³/mol. The van der Waals surface area contributed by atoms with Crippen LogP contribution in [0, 0.1) is 5.92 Å². The van der Waals surface area contributed by atoms with Gasteiger partial charge in [-0.05, 0) is 57.1 Å². The van der Waals surface area contributed by atoms with Crippen LogP contribution in [0.1, 0.15) is 41.4 Å². The van der Waals surface area contributed by atoms with Crippen LogP contribution in [0.3, 0.4) is 0 Å². The number of likely N-dealkylation sites (tertiary alicyclic amines) is 1. The Morgan fingerprint density at radius 1 is 1.31 bits per heavy atom. The maximum atomic E-state index is 12.7. The number of furan rings is 1. The SMILES string of the molecule is CCOC(=O)C1CCN(Cc2c(O)ccc3c2O/C(=C/c2ccco2)C3=O)CC1. The summed E-state index contributed by atoms with van der Waals surface area (Å²) in [4.78, 5) is 26.7. The van der Waals surface area contributed by atoms with E-state index in [9.17, 15) is 14.7 Å². The number of carbonyl (C=O) groups excluding carboxylic acids is 2. The Hall–Kier alpha value is -3.06. The van der Waals surface area contributed by atoms with E-state index in [1.54, 1.807) is 24.3 Å². The van der Waals surface area contributed by atoms with E-state index in [0.29, 0.717) is 61.7 Å². The van der Waals surface area contributed by atoms with Crippen LogP contribution >= 0.6 is 0 Å². The fraction of sp³-hybridized carbons (Fsp3) is 0.364. The van der Waals surface area contributed by atoms with Crippen LogP contribution in [0.2, 0.25) is 0 Å². The number of fused-ring (bicyclic) bond motifs is 1. The molecular weight excluding hydrogens is 374 g/mol. The minimum absolute atomic E-state index is 0.0815. The highest BCUT2D eigenvalue weighted by atomic mass is 16.5. The van der Waals surface area contributed by atoms with Crippen LogP contribution in [0.25, 0.3) is 6.08 Å². The van der Waals surface area contributed by atoms with Crippen LogP contribution < -0.4 is 4.74 Å². The summed E-state index contributed by atoms with van der Waals surface area (Å²) in [7, 11) is 0. The van der Waals surface area contributed by atoms with Gasteiger partial charge < -0.3 is 19.0 Å². The minimum atomic E-state index is -0.237. The number of allylic oxidation sites excluding steroid dienone is 1. The van der Waals surface area contributed by atoms with E-state index in [1.165, 1.54) is 12.3 Å². The summed E-state index contributed by atoms with van der Waals surface area (Å²) in [6, 6.07) is 6.57. The Morgan fingerprint density at radius 2 is 2.10 bits per heavy atom. The third-order valence-corrected chi connectivity index (χ3v) is 5.32. The van der Waals surface area contributed by atoms with Gasteiger partial charge in [-0.2, -0.15) is 0 Å². The molecule has 4 rings (SSSR count). The first-order chi connectivity index (χ1) is 14.1. The van der Waals surface area contributed by atoms with Gasteiger partial charge in [-0.25, -0.2) is 0 Å². The number of esters is 1. The lowest BCUT2D eigenvalue weighted by Crippen LogP contribution is -2.36. The molecule has 1 aromatic heterocycles. The average molecular weight is 397 g/mol. The molecule has 1 N–H and O–H groups in total. The largest absolute Gasteiger partial charge is 0.507 e. The Bertz CT molecular complexity index is 938. The number of nitrogens with zero attached hydrogens (tertiary/aromatic N) is 1. The second kappa shape index (κ2) is 8.13. The molecule has 0 atom stereocenters. The Balaban J connectivity index is 1.50. The molecule has 2 aromatic rings. The number of aromatic hydroxyl groups is 1. The van der Waals surface area contributed by atoms with Gasteiger partial charge in [-0.1, -0.05) is 0 Å². The van der Waals surface area contributed by atoms with E-state index in [2.05, 4.69) is 4.90 Å². The van der Waals surface area contributed by atoms with Crippen LogP contribution in [0.4, 0.5) is 0 Å². The van der Waals surface area contributed by atoms with Crippen molar-refractivity contribution < 1.29 is 28.6 Å². The molecule has 3 heterocycles. The van der Waals surface area contributed by atoms with Crippen molar-refractivity contribution >= 4 is 17.8 Å². The zero-order valence-electron chi connectivity index (χ0n) is 16.2. The van der Waals surface area contributed by atoms with Crippen molar-refractivity contribution in [2.75, 3.05) is 19.7 Å². The fourth-order valence-electron chi connectivity index (χ4n) is 3.76. The molecule has 1 fully saturated rings. The van der Waals surface area contributed by atoms with Crippen molar-refractivity contribution in [3.8, 4) is 11.5 Å². The summed E-state index contributed by atoms with van der Waals surface area (Å²) in [5.41, 5.74) is 1.00. The van der Waals surface area contributed by atoms with Gasteiger partial charge in [0.2, 0.25) is 5.78 Å². The second-order valence-corrected chi connectivity index (χ2v) is 7.20. The van der Waals surface area contributed by atoms with Crippen molar-refractivity contribution in [3.05, 3.63) is 53.2 Å². The first kappa shape index (κ1) is 19.3. The van der Waals surface area contributed by atoms with Crippen LogP contribution in [0.15, 0.2) is 40.7 Å². The number of piperidine rings is 1. The lowest BCUT2D eigenvalue weighted by atomic mass is 9.96. The number of hydrogen-bond acceptors (Lipinski definition) is 7. The number of rotatable bonds is 5. The van der Waals surface area contributed by atoms with Crippen LogP contribution in [-0.4, -0.2) is 41.5 Å². The van der Waals surface area contributed by atoms with Gasteiger partial charge in [-0.15, -0.1) is 0 Å². The topological polar surface area (TPSA) is 89.2 Å². The molecular formula is C22H23NO6. The number of Topliss-reactive ketones (excluding diaryl/α,β-unsaturated/α-hetero) is 1. The molecule has 1 aromatic carbocycles. The van der Waals surface area contributed by atoms with E-state index < -0.39 is 0 Å². The lowest BCUT2D eigenvalue weighted by Gasteiger charge is -2.31. The van der Waals surface area contributed by atoms with Gasteiger partial charge in [0.25, 0.3) is 0 Å². The highest BCUT2D eigenvalue weighted by Crippen LogP contribution is 2.40. The first-order valence-electron chi connectivity index (χ1n) is 9.78. The molecule has 0 aliphatic carbocycles. The minimum Gasteiger partial charge on any atom is -0.507 e. The maximum absolute atomic E-state index is 12.7. The number of ketones is 1. The number of benzene rings is 1. The third kappa shape index (κ3) is 3.91. The summed E-state index contributed by atoms with van der Waals surface area (Å²) < 4.78 is 16.2. The molecule has 0 saturated carbocycles. The number of phenols is 1. The summed E-state index contributed by atoms with van der Waals surface area (Å²) in [5.74, 6) is 0.706. The number of ether oxygens (including phenoxy) is 2. The lowest BCUT2D eigenvalue weighted by molar-refractivity contribution is -0.149. The van der Waals surface area contributed by atoms with Gasteiger partial charge in [-0.3, -0.25) is 14.5 Å². The summed E-state index contributed by atoms with van der Waals surface area (Å²) in [5, 5.41) is 10.4. The van der Waals surface area contributed by atoms with E-state index in [0.717, 1.165) is 0 Å². The molecule has 0 bridgehead atoms. The quantitative estimate of drug-likeness (QED) is 0.611. The molecule has 0 unspecified atom stereocenters. The van der Waals surface area contributed by atoms with E-state index in [4.69, 9.17) is 13.9 Å². The molecule has 152 valence electrons. The maximum Gasteiger partial charge on any atom is 0.309 e. The second-order valence-electron chi connectivity index (χ2n) is 7.20. The zero-order chi connectivity index (χ0) is 20.4. The molecule has 2 aliphatic rings. The molecule has 7 nitrogen and oxygen atoms in total. The van der Waals surface area contributed by atoms with E-state index in [-0.39, 0.29) is 29.2 Å². The summed E-state index contributed by atoms with van der Waals surface area (Å²) in [6.07, 6.45) is 4.49. The Morgan fingerprint density at radius 3 is 2.79 bits per heavy atom. The standard InChI is InChI=1S/C22H23NO6/c1-2-27-22(26)14-7-9-23(10-8-14)13-17-18(24)6-5-16-20(25)19(29-21(16)17)12-15-4-3-11-28-15/h3-6,11-12,14,24H,2,7-10,13H2,1H3/b19-12+. The molecule has 1 saturated heterocycles. The van der Waals surface area contributed by atoms with Gasteiger partial charge in [0.15, 0.2) is 5.76 Å². The normalized spacial score (nSPS) is 18.7. The molecule has 2 aliphatic heterocycles. The number of hydrogen-bond donors (Lipinski definition) is 1. The number of phenolic OH excluding ortho intramolecular Hbond substituents is 1. The van der Waals surface area contributed by atoms with Crippen molar-refractivity contribution in [3.63, 3.8) is 0 Å². The van der Waals surface area contributed by atoms with Crippen molar-refractivity contribution in [1.82, 2.24) is 4.90 Å². The van der Waals surface area contributed by atoms with Gasteiger partial charge >= 0.3 is 5.97 Å². The molecule has 7 heteroatoms. The van der Waals surface area contributed by atoms with Crippen molar-refractivity contribution in [1.29, 1.82) is 0 Å². The molecule has 0 amide bonds. The van der Waals surface area contributed by atoms with E-state index >= 15 is 0 Å². The Kier molecular flexibility index (Phi) is 5.40. The highest BCUT2D eigenvalue weighted by molar-refractivity contribution is 6.14. The smallest absolute Gasteiger partial charge is 0.309 e. The zero-order valence-corrected chi connectivity index (χ0v) is 16.2. The average Bonchev–Trinajstić information content (AvgIpc) is 3.34. The van der Waals surface area contributed by atoms with Crippen LogP contribution in [-0.2, 0) is 16.1 Å². The Labute approximate surface area is 168 Å². The van der Waals surface area contributed by atoms with Gasteiger partial charge in [0.05, 0.1) is 29.9 Å². The fourth-order valence-corrected chi connectivity index (χ4v) is 3.76. The first-order valence-corrected chi connectivity index (χ1v) is 9.78. The predicted octanol–water partition coefficient (Wildman–Crippen LogP) is 3.38. The van der Waals surface area contributed by atoms with Gasteiger partial charge in [0.1, 0.15) is 17.3 Å². The van der Waals surface area contributed by atoms with Crippen molar-refractivity contribution in [2.45, 2.75) is 26.3 Å². The molecule has 29 heavy (non-hydrogen) atoms. The van der Waals surface area contributed by atoms with Crippen LogP contribution in [0.5, 0.6) is 11.5 Å². The molecule has 0 spiro atoms. The summed E-state index contributed by atoms with van der Waals surface area (Å²) >= 11 is 0. The molecule has 0 radical (unpaired) electrons. The van der Waals surface area contributed by atoms with E-state index in [1.807, 2.05) is 6.92 Å². The summed E-state index contributed by atoms with van der Waals surface area (Å²) in [6.45, 7) is 4.04. The highest BCUT2D eigenvalue weighted by Gasteiger charge is 2.33. The third-order valence-electron chi connectivity index (χ3n) is 5.32. The monoisotopic (exact) mass is 397 g/mol.